The summed E-state index contributed by atoms with van der Waals surface area (Å²) < 4.78 is 0. The van der Waals surface area contributed by atoms with Crippen LogP contribution in [-0.2, 0) is 11.3 Å². The van der Waals surface area contributed by atoms with Crippen molar-refractivity contribution in [3.8, 4) is 0 Å². The van der Waals surface area contributed by atoms with E-state index in [9.17, 15) is 4.79 Å². The van der Waals surface area contributed by atoms with Crippen LogP contribution in [0.1, 0.15) is 41.9 Å². The lowest BCUT2D eigenvalue weighted by molar-refractivity contribution is -0.133. The number of likely N-dealkylation sites (tertiary alicyclic amines) is 2. The molecule has 2 aromatic carbocycles. The number of nitrogens with zero attached hydrogens (tertiary/aromatic N) is 4. The Kier molecular flexibility index (Phi) is 4.79. The summed E-state index contributed by atoms with van der Waals surface area (Å²) in [5, 5.41) is 10.9. The summed E-state index contributed by atoms with van der Waals surface area (Å²) in [6, 6.07) is 15.0. The lowest BCUT2D eigenvalue weighted by atomic mass is 9.88. The Morgan fingerprint density at radius 3 is 2.62 bits per heavy atom. The third-order valence-electron chi connectivity index (χ3n) is 6.55. The number of nitrogens with one attached hydrogen (secondary N) is 1. The van der Waals surface area contributed by atoms with Crippen LogP contribution in [0.4, 0.5) is 0 Å². The molecule has 1 atom stereocenters. The summed E-state index contributed by atoms with van der Waals surface area (Å²) in [5.41, 5.74) is 5.72. The van der Waals surface area contributed by atoms with E-state index in [2.05, 4.69) is 69.7 Å². The number of aryl methyl sites for hydroxylation is 1. The molecule has 0 bridgehead atoms. The number of carbonyl (C=O) groups is 1. The van der Waals surface area contributed by atoms with E-state index in [1.165, 1.54) is 16.7 Å². The number of H-pyrrole nitrogens is 1. The average molecular weight is 390 g/mol. The van der Waals surface area contributed by atoms with E-state index in [-0.39, 0.29) is 6.04 Å². The average Bonchev–Trinajstić information content (AvgIpc) is 3.36. The molecule has 1 unspecified atom stereocenters. The molecule has 6 heteroatoms. The number of rotatable bonds is 4. The Morgan fingerprint density at radius 1 is 1.03 bits per heavy atom. The quantitative estimate of drug-likeness (QED) is 0.744. The highest BCUT2D eigenvalue weighted by molar-refractivity contribution is 5.84. The summed E-state index contributed by atoms with van der Waals surface area (Å²) in [6.45, 7) is 5.64. The molecular weight excluding hydrogens is 362 g/mol. The van der Waals surface area contributed by atoms with Gasteiger partial charge >= 0.3 is 0 Å². The van der Waals surface area contributed by atoms with Gasteiger partial charge in [0, 0.05) is 13.1 Å². The molecule has 1 aromatic heterocycles. The van der Waals surface area contributed by atoms with E-state index in [4.69, 9.17) is 0 Å². The highest BCUT2D eigenvalue weighted by Crippen LogP contribution is 2.32. The van der Waals surface area contributed by atoms with Crippen LogP contribution in [-0.4, -0.2) is 56.8 Å². The molecule has 1 amide bonds. The van der Waals surface area contributed by atoms with Crippen molar-refractivity contribution in [2.24, 2.45) is 0 Å². The van der Waals surface area contributed by atoms with Crippen molar-refractivity contribution in [3.63, 3.8) is 0 Å². The van der Waals surface area contributed by atoms with E-state index in [1.54, 1.807) is 0 Å². The number of amides is 1. The second-order valence-corrected chi connectivity index (χ2v) is 8.45. The predicted molar refractivity (Wildman–Crippen MR) is 112 cm³/mol. The molecule has 5 rings (SSSR count). The Balaban J connectivity index is 1.19. The van der Waals surface area contributed by atoms with Crippen molar-refractivity contribution < 1.29 is 4.79 Å². The molecule has 29 heavy (non-hydrogen) atoms. The first-order valence-electron chi connectivity index (χ1n) is 10.6. The Labute approximate surface area is 170 Å². The van der Waals surface area contributed by atoms with Crippen LogP contribution in [0.25, 0.3) is 11.0 Å². The third kappa shape index (κ3) is 3.65. The smallest absolute Gasteiger partial charge is 0.240 e. The van der Waals surface area contributed by atoms with E-state index in [0.29, 0.717) is 11.8 Å². The van der Waals surface area contributed by atoms with Crippen LogP contribution in [0.2, 0.25) is 0 Å². The molecule has 2 saturated heterocycles. The normalized spacial score (nSPS) is 21.3. The van der Waals surface area contributed by atoms with Gasteiger partial charge in [0.25, 0.3) is 0 Å². The predicted octanol–water partition coefficient (Wildman–Crippen LogP) is 3.25. The van der Waals surface area contributed by atoms with E-state index >= 15 is 0 Å². The monoisotopic (exact) mass is 389 g/mol. The Morgan fingerprint density at radius 2 is 1.83 bits per heavy atom. The molecule has 0 saturated carbocycles. The first-order chi connectivity index (χ1) is 14.2. The van der Waals surface area contributed by atoms with Crippen LogP contribution in [0.3, 0.4) is 0 Å². The summed E-state index contributed by atoms with van der Waals surface area (Å²) in [7, 11) is 0. The van der Waals surface area contributed by atoms with Gasteiger partial charge in [0.1, 0.15) is 5.52 Å². The molecule has 6 nitrogen and oxygen atoms in total. The maximum Gasteiger partial charge on any atom is 0.240 e. The fourth-order valence-corrected chi connectivity index (χ4v) is 4.79. The van der Waals surface area contributed by atoms with E-state index in [0.717, 1.165) is 56.5 Å². The van der Waals surface area contributed by atoms with Crippen molar-refractivity contribution in [2.75, 3.05) is 19.6 Å². The number of aromatic nitrogens is 3. The molecular formula is C23H27N5O. The largest absolute Gasteiger partial charge is 0.337 e. The van der Waals surface area contributed by atoms with Crippen LogP contribution in [0, 0.1) is 6.92 Å². The molecule has 0 aliphatic carbocycles. The molecule has 0 radical (unpaired) electrons. The van der Waals surface area contributed by atoms with Gasteiger partial charge in [-0.1, -0.05) is 41.1 Å². The lowest BCUT2D eigenvalue weighted by Crippen LogP contribution is -2.45. The van der Waals surface area contributed by atoms with Crippen LogP contribution in [0.5, 0.6) is 0 Å². The fourth-order valence-electron chi connectivity index (χ4n) is 4.79. The molecule has 2 aliphatic rings. The maximum absolute atomic E-state index is 13.0. The standard InChI is InChI=1S/C23H27N5O/c1-16-2-4-17(5-3-16)15-28-13-10-22(23(28)29)27-11-8-18(9-12-27)19-6-7-20-21(14-19)25-26-24-20/h2-7,14,18,22H,8-13,15H2,1H3,(H,24,25,26). The minimum Gasteiger partial charge on any atom is -0.337 e. The van der Waals surface area contributed by atoms with Gasteiger partial charge in [0.2, 0.25) is 5.91 Å². The third-order valence-corrected chi connectivity index (χ3v) is 6.55. The van der Waals surface area contributed by atoms with Gasteiger partial charge in [-0.3, -0.25) is 14.8 Å². The molecule has 3 aromatic rings. The van der Waals surface area contributed by atoms with Gasteiger partial charge in [0.15, 0.2) is 0 Å². The molecule has 0 spiro atoms. The topological polar surface area (TPSA) is 65.1 Å². The van der Waals surface area contributed by atoms with Crippen LogP contribution >= 0.6 is 0 Å². The maximum atomic E-state index is 13.0. The number of benzene rings is 2. The SMILES string of the molecule is Cc1ccc(CN2CCC(N3CCC(c4ccc5[nH]nnc5c4)CC3)C2=O)cc1. The van der Waals surface area contributed by atoms with Crippen molar-refractivity contribution in [2.45, 2.75) is 44.7 Å². The highest BCUT2D eigenvalue weighted by Gasteiger charge is 2.37. The lowest BCUT2D eigenvalue weighted by Gasteiger charge is -2.35. The number of fused-ring (bicyclic) bond motifs is 1. The number of hydrogen-bond acceptors (Lipinski definition) is 4. The number of aromatic amines is 1. The van der Waals surface area contributed by atoms with Gasteiger partial charge in [-0.05, 0) is 68.5 Å². The van der Waals surface area contributed by atoms with Gasteiger partial charge in [0.05, 0.1) is 11.6 Å². The van der Waals surface area contributed by atoms with Crippen LogP contribution < -0.4 is 0 Å². The number of hydrogen-bond donors (Lipinski definition) is 1. The Bertz CT molecular complexity index is 1000. The van der Waals surface area contributed by atoms with Crippen molar-refractivity contribution in [1.29, 1.82) is 0 Å². The van der Waals surface area contributed by atoms with E-state index in [1.807, 2.05) is 4.90 Å². The number of carbonyl (C=O) groups excluding carboxylic acids is 1. The molecule has 3 heterocycles. The molecule has 1 N–H and O–H groups in total. The summed E-state index contributed by atoms with van der Waals surface area (Å²) >= 11 is 0. The first kappa shape index (κ1) is 18.3. The molecule has 150 valence electrons. The van der Waals surface area contributed by atoms with Gasteiger partial charge in [-0.25, -0.2) is 0 Å². The van der Waals surface area contributed by atoms with Gasteiger partial charge in [-0.2, -0.15) is 0 Å². The summed E-state index contributed by atoms with van der Waals surface area (Å²) in [5.74, 6) is 0.834. The summed E-state index contributed by atoms with van der Waals surface area (Å²) in [6.07, 6.45) is 3.12. The number of piperidine rings is 1. The minimum atomic E-state index is 0.0550. The Hall–Kier alpha value is -2.73. The van der Waals surface area contributed by atoms with Crippen LogP contribution in [0.15, 0.2) is 42.5 Å². The second kappa shape index (κ2) is 7.59. The van der Waals surface area contributed by atoms with Crippen molar-refractivity contribution in [3.05, 3.63) is 59.2 Å². The van der Waals surface area contributed by atoms with E-state index < -0.39 is 0 Å². The van der Waals surface area contributed by atoms with Gasteiger partial charge < -0.3 is 4.90 Å². The zero-order chi connectivity index (χ0) is 19.8. The zero-order valence-corrected chi connectivity index (χ0v) is 16.8. The molecule has 2 fully saturated rings. The van der Waals surface area contributed by atoms with Gasteiger partial charge in [-0.15, -0.1) is 5.10 Å². The first-order valence-corrected chi connectivity index (χ1v) is 10.6. The minimum absolute atomic E-state index is 0.0550. The van der Waals surface area contributed by atoms with Crippen molar-refractivity contribution >= 4 is 16.9 Å². The summed E-state index contributed by atoms with van der Waals surface area (Å²) in [4.78, 5) is 17.4. The molecule has 2 aliphatic heterocycles. The zero-order valence-electron chi connectivity index (χ0n) is 16.8. The highest BCUT2D eigenvalue weighted by atomic mass is 16.2. The van der Waals surface area contributed by atoms with Crippen molar-refractivity contribution in [1.82, 2.24) is 25.2 Å². The fraction of sp³-hybridized carbons (Fsp3) is 0.435. The second-order valence-electron chi connectivity index (χ2n) is 8.45.